The Kier molecular flexibility index (Phi) is 8.01. The number of aliphatic carboxylic acids is 1. The van der Waals surface area contributed by atoms with E-state index < -0.39 is 29.7 Å². The Morgan fingerprint density at radius 2 is 1.45 bits per heavy atom. The van der Waals surface area contributed by atoms with Gasteiger partial charge in [0.2, 0.25) is 0 Å². The van der Waals surface area contributed by atoms with Crippen molar-refractivity contribution in [3.63, 3.8) is 0 Å². The molecule has 1 aliphatic carbocycles. The highest BCUT2D eigenvalue weighted by Crippen LogP contribution is 2.44. The summed E-state index contributed by atoms with van der Waals surface area (Å²) in [6.45, 7) is 5.44. The third-order valence-corrected chi connectivity index (χ3v) is 6.87. The number of hydrogen-bond acceptors (Lipinski definition) is 7. The van der Waals surface area contributed by atoms with Crippen molar-refractivity contribution in [3.8, 4) is 22.5 Å². The molecule has 9 nitrogen and oxygen atoms in total. The molecule has 4 aromatic rings. The van der Waals surface area contributed by atoms with Gasteiger partial charge >= 0.3 is 18.0 Å². The van der Waals surface area contributed by atoms with Crippen LogP contribution in [0.1, 0.15) is 53.7 Å². The average molecular weight is 566 g/mol. The van der Waals surface area contributed by atoms with Gasteiger partial charge in [-0.25, -0.2) is 24.4 Å². The number of carboxylic acid groups (broad SMARTS) is 1. The molecule has 3 aromatic carbocycles. The molecule has 1 aromatic heterocycles. The number of rotatable bonds is 8. The molecule has 2 N–H and O–H groups in total. The second-order valence-electron chi connectivity index (χ2n) is 11.1. The number of amides is 1. The lowest BCUT2D eigenvalue weighted by atomic mass is 9.98. The van der Waals surface area contributed by atoms with Gasteiger partial charge in [-0.1, -0.05) is 72.8 Å². The molecule has 0 radical (unpaired) electrons. The zero-order chi connectivity index (χ0) is 29.9. The first-order chi connectivity index (χ1) is 20.1. The zero-order valence-electron chi connectivity index (χ0n) is 23.5. The molecule has 1 atom stereocenters. The summed E-state index contributed by atoms with van der Waals surface area (Å²) in [7, 11) is 0. The number of carboxylic acids is 1. The summed E-state index contributed by atoms with van der Waals surface area (Å²) in [4.78, 5) is 45.4. The first kappa shape index (κ1) is 28.5. The van der Waals surface area contributed by atoms with Crippen molar-refractivity contribution in [2.75, 3.05) is 6.61 Å². The molecule has 0 spiro atoms. The molecule has 1 unspecified atom stereocenters. The third kappa shape index (κ3) is 6.46. The van der Waals surface area contributed by atoms with E-state index in [-0.39, 0.29) is 24.5 Å². The summed E-state index contributed by atoms with van der Waals surface area (Å²) in [6.07, 6.45) is 2.07. The number of alkyl carbamates (subject to hydrolysis) is 1. The van der Waals surface area contributed by atoms with E-state index in [2.05, 4.69) is 15.3 Å². The summed E-state index contributed by atoms with van der Waals surface area (Å²) < 4.78 is 10.9. The zero-order valence-corrected chi connectivity index (χ0v) is 23.5. The third-order valence-electron chi connectivity index (χ3n) is 6.87. The van der Waals surface area contributed by atoms with Crippen LogP contribution in [-0.2, 0) is 20.7 Å². The molecule has 1 heterocycles. The standard InChI is InChI=1S/C33H31N3O6/c1-33(2,3)42-31(39)22-17-34-29(35-18-22)21-14-12-20(13-15-21)16-28(30(37)38)36-32(40)41-19-27-25-10-6-4-8-23(25)24-9-5-7-11-26(24)27/h4-15,17-18,27-28H,16,19H2,1-3H3,(H,36,40)(H,37,38). The van der Waals surface area contributed by atoms with Crippen LogP contribution in [0.2, 0.25) is 0 Å². The topological polar surface area (TPSA) is 128 Å². The molecule has 5 rings (SSSR count). The maximum absolute atomic E-state index is 12.7. The summed E-state index contributed by atoms with van der Waals surface area (Å²) in [5.41, 5.74) is 5.36. The number of nitrogens with one attached hydrogen (secondary N) is 1. The van der Waals surface area contributed by atoms with Crippen LogP contribution in [0.5, 0.6) is 0 Å². The number of ether oxygens (including phenoxy) is 2. The van der Waals surface area contributed by atoms with Crippen LogP contribution < -0.4 is 5.32 Å². The molecule has 0 fully saturated rings. The van der Waals surface area contributed by atoms with E-state index in [1.807, 2.05) is 48.5 Å². The molecule has 0 aliphatic heterocycles. The lowest BCUT2D eigenvalue weighted by Crippen LogP contribution is -2.42. The van der Waals surface area contributed by atoms with Crippen LogP contribution in [0, 0.1) is 0 Å². The molecule has 0 saturated carbocycles. The minimum absolute atomic E-state index is 0.0538. The van der Waals surface area contributed by atoms with Crippen LogP contribution in [0.3, 0.4) is 0 Å². The maximum atomic E-state index is 12.7. The van der Waals surface area contributed by atoms with Crippen LogP contribution in [-0.4, -0.2) is 51.4 Å². The minimum Gasteiger partial charge on any atom is -0.480 e. The highest BCUT2D eigenvalue weighted by atomic mass is 16.6. The van der Waals surface area contributed by atoms with Gasteiger partial charge in [0.15, 0.2) is 5.82 Å². The van der Waals surface area contributed by atoms with Gasteiger partial charge in [-0.3, -0.25) is 0 Å². The number of carbonyl (C=O) groups is 3. The number of aromatic nitrogens is 2. The van der Waals surface area contributed by atoms with Gasteiger partial charge in [-0.05, 0) is 48.6 Å². The Labute approximate surface area is 243 Å². The van der Waals surface area contributed by atoms with Gasteiger partial charge in [0.1, 0.15) is 18.2 Å². The largest absolute Gasteiger partial charge is 0.480 e. The second-order valence-corrected chi connectivity index (χ2v) is 11.1. The van der Waals surface area contributed by atoms with Crippen LogP contribution in [0.15, 0.2) is 85.2 Å². The predicted octanol–water partition coefficient (Wildman–Crippen LogP) is 5.63. The summed E-state index contributed by atoms with van der Waals surface area (Å²) in [6, 6.07) is 21.8. The fraction of sp³-hybridized carbons (Fsp3) is 0.242. The van der Waals surface area contributed by atoms with Crippen molar-refractivity contribution in [2.24, 2.45) is 0 Å². The SMILES string of the molecule is CC(C)(C)OC(=O)c1cnc(-c2ccc(CC(NC(=O)OCC3c4ccccc4-c4ccccc43)C(=O)O)cc2)nc1. The summed E-state index contributed by atoms with van der Waals surface area (Å²) in [5.74, 6) is -1.40. The van der Waals surface area contributed by atoms with Crippen LogP contribution in [0.25, 0.3) is 22.5 Å². The number of esters is 1. The molecular formula is C33H31N3O6. The van der Waals surface area contributed by atoms with E-state index in [0.717, 1.165) is 22.3 Å². The maximum Gasteiger partial charge on any atom is 0.407 e. The summed E-state index contributed by atoms with van der Waals surface area (Å²) in [5, 5.41) is 12.3. The Morgan fingerprint density at radius 3 is 2.00 bits per heavy atom. The molecule has 1 amide bonds. The Balaban J connectivity index is 1.19. The molecule has 9 heteroatoms. The van der Waals surface area contributed by atoms with E-state index >= 15 is 0 Å². The highest BCUT2D eigenvalue weighted by molar-refractivity contribution is 5.89. The lowest BCUT2D eigenvalue weighted by molar-refractivity contribution is -0.139. The van der Waals surface area contributed by atoms with Gasteiger partial charge in [0.25, 0.3) is 0 Å². The average Bonchev–Trinajstić information content (AvgIpc) is 3.29. The van der Waals surface area contributed by atoms with E-state index in [4.69, 9.17) is 9.47 Å². The normalized spacial score (nSPS) is 13.0. The Morgan fingerprint density at radius 1 is 0.881 bits per heavy atom. The van der Waals surface area contributed by atoms with E-state index in [1.54, 1.807) is 45.0 Å². The van der Waals surface area contributed by atoms with Crippen LogP contribution in [0.4, 0.5) is 4.79 Å². The number of benzene rings is 3. The smallest absolute Gasteiger partial charge is 0.407 e. The van der Waals surface area contributed by atoms with Crippen molar-refractivity contribution in [1.82, 2.24) is 15.3 Å². The number of nitrogens with zero attached hydrogens (tertiary/aromatic N) is 2. The Bertz CT molecular complexity index is 1560. The van der Waals surface area contributed by atoms with Crippen molar-refractivity contribution < 1.29 is 29.0 Å². The molecule has 0 saturated heterocycles. The van der Waals surface area contributed by atoms with Gasteiger partial charge in [-0.2, -0.15) is 0 Å². The van der Waals surface area contributed by atoms with Crippen LogP contribution >= 0.6 is 0 Å². The quantitative estimate of drug-likeness (QED) is 0.263. The molecular weight excluding hydrogens is 534 g/mol. The number of fused-ring (bicyclic) bond motifs is 3. The van der Waals surface area contributed by atoms with E-state index in [9.17, 15) is 19.5 Å². The van der Waals surface area contributed by atoms with Crippen molar-refractivity contribution in [1.29, 1.82) is 0 Å². The summed E-state index contributed by atoms with van der Waals surface area (Å²) >= 11 is 0. The molecule has 214 valence electrons. The fourth-order valence-corrected chi connectivity index (χ4v) is 4.93. The van der Waals surface area contributed by atoms with E-state index in [0.29, 0.717) is 17.0 Å². The predicted molar refractivity (Wildman–Crippen MR) is 156 cm³/mol. The van der Waals surface area contributed by atoms with Gasteiger partial charge in [0, 0.05) is 30.3 Å². The minimum atomic E-state index is -1.18. The van der Waals surface area contributed by atoms with Crippen molar-refractivity contribution in [3.05, 3.63) is 107 Å². The molecule has 0 bridgehead atoms. The highest BCUT2D eigenvalue weighted by Gasteiger charge is 2.30. The van der Waals surface area contributed by atoms with Crippen molar-refractivity contribution >= 4 is 18.0 Å². The first-order valence-electron chi connectivity index (χ1n) is 13.6. The van der Waals surface area contributed by atoms with Gasteiger partial charge in [-0.15, -0.1) is 0 Å². The first-order valence-corrected chi connectivity index (χ1v) is 13.6. The van der Waals surface area contributed by atoms with E-state index in [1.165, 1.54) is 12.4 Å². The van der Waals surface area contributed by atoms with Gasteiger partial charge < -0.3 is 19.9 Å². The van der Waals surface area contributed by atoms with Gasteiger partial charge in [0.05, 0.1) is 5.56 Å². The van der Waals surface area contributed by atoms with Crippen molar-refractivity contribution in [2.45, 2.75) is 44.8 Å². The monoisotopic (exact) mass is 565 g/mol. The second kappa shape index (κ2) is 11.8. The molecule has 42 heavy (non-hydrogen) atoms. The fourth-order valence-electron chi connectivity index (χ4n) is 4.93. The number of hydrogen-bond donors (Lipinski definition) is 2. The lowest BCUT2D eigenvalue weighted by Gasteiger charge is -2.19. The Hall–Kier alpha value is -5.05. The number of carbonyl (C=O) groups excluding carboxylic acids is 2. The molecule has 1 aliphatic rings.